The van der Waals surface area contributed by atoms with Crippen LogP contribution in [0, 0.1) is 6.92 Å². The third kappa shape index (κ3) is 4.65. The predicted molar refractivity (Wildman–Crippen MR) is 97.9 cm³/mol. The number of benzene rings is 1. The minimum Gasteiger partial charge on any atom is -0.326 e. The molecule has 1 heterocycles. The average Bonchev–Trinajstić information content (AvgIpc) is 2.95. The Balaban J connectivity index is 2.04. The monoisotopic (exact) mass is 415 g/mol. The predicted octanol–water partition coefficient (Wildman–Crippen LogP) is 4.18. The highest BCUT2D eigenvalue weighted by atomic mass is 79.9. The molecule has 0 aliphatic carbocycles. The number of carbonyl (C=O) groups excluding carboxylic acids is 1. The fraction of sp³-hybridized carbons (Fsp3) is 0.312. The van der Waals surface area contributed by atoms with Crippen LogP contribution in [0.4, 0.5) is 5.69 Å². The molecule has 0 fully saturated rings. The minimum atomic E-state index is -3.42. The quantitative estimate of drug-likeness (QED) is 0.768. The fourth-order valence-electron chi connectivity index (χ4n) is 2.20. The molecule has 0 saturated carbocycles. The van der Waals surface area contributed by atoms with Crippen LogP contribution in [0.2, 0.25) is 0 Å². The number of amides is 1. The zero-order chi connectivity index (χ0) is 17.0. The Morgan fingerprint density at radius 2 is 2.00 bits per heavy atom. The van der Waals surface area contributed by atoms with Gasteiger partial charge in [-0.1, -0.05) is 25.1 Å². The average molecular weight is 416 g/mol. The van der Waals surface area contributed by atoms with Crippen LogP contribution in [-0.4, -0.2) is 20.1 Å². The van der Waals surface area contributed by atoms with Crippen LogP contribution < -0.4 is 5.32 Å². The zero-order valence-electron chi connectivity index (χ0n) is 12.9. The number of para-hydroxylation sites is 1. The largest absolute Gasteiger partial charge is 0.326 e. The third-order valence-electron chi connectivity index (χ3n) is 3.46. The van der Waals surface area contributed by atoms with Crippen LogP contribution in [0.1, 0.15) is 24.5 Å². The summed E-state index contributed by atoms with van der Waals surface area (Å²) in [4.78, 5) is 12.1. The number of nitrogens with one attached hydrogen (secondary N) is 1. The van der Waals surface area contributed by atoms with Crippen molar-refractivity contribution in [3.8, 4) is 0 Å². The van der Waals surface area contributed by atoms with Crippen LogP contribution in [-0.2, 0) is 21.1 Å². The molecule has 2 rings (SSSR count). The molecule has 2 aromatic rings. The number of thiophene rings is 1. The second kappa shape index (κ2) is 7.59. The standard InChI is InChI=1S/C16H18BrNO3S2/c1-3-12-6-4-5-11(2)16(12)18-14(19)9-10-23(20,21)15-8-7-13(17)22-15/h4-8H,3,9-10H2,1-2H3,(H,18,19). The van der Waals surface area contributed by atoms with E-state index in [0.717, 1.165) is 38.4 Å². The van der Waals surface area contributed by atoms with E-state index in [9.17, 15) is 13.2 Å². The molecule has 0 spiro atoms. The Kier molecular flexibility index (Phi) is 6.00. The van der Waals surface area contributed by atoms with Crippen molar-refractivity contribution >= 4 is 48.7 Å². The van der Waals surface area contributed by atoms with Gasteiger partial charge in [-0.15, -0.1) is 11.3 Å². The summed E-state index contributed by atoms with van der Waals surface area (Å²) < 4.78 is 25.4. The molecule has 23 heavy (non-hydrogen) atoms. The van der Waals surface area contributed by atoms with Gasteiger partial charge in [-0.2, -0.15) is 0 Å². The van der Waals surface area contributed by atoms with Crippen molar-refractivity contribution in [2.24, 2.45) is 0 Å². The first kappa shape index (κ1) is 18.2. The zero-order valence-corrected chi connectivity index (χ0v) is 16.1. The highest BCUT2D eigenvalue weighted by molar-refractivity contribution is 9.11. The van der Waals surface area contributed by atoms with Crippen molar-refractivity contribution in [2.75, 3.05) is 11.1 Å². The molecule has 0 unspecified atom stereocenters. The van der Waals surface area contributed by atoms with Crippen molar-refractivity contribution in [3.63, 3.8) is 0 Å². The van der Waals surface area contributed by atoms with Crippen LogP contribution in [0.5, 0.6) is 0 Å². The van der Waals surface area contributed by atoms with Crippen molar-refractivity contribution in [1.29, 1.82) is 0 Å². The Hall–Kier alpha value is -1.18. The molecular weight excluding hydrogens is 398 g/mol. The highest BCUT2D eigenvalue weighted by Crippen LogP contribution is 2.27. The summed E-state index contributed by atoms with van der Waals surface area (Å²) in [5.74, 6) is -0.479. The summed E-state index contributed by atoms with van der Waals surface area (Å²) in [7, 11) is -3.42. The van der Waals surface area contributed by atoms with Gasteiger partial charge in [0.05, 0.1) is 9.54 Å². The van der Waals surface area contributed by atoms with Gasteiger partial charge in [0.25, 0.3) is 0 Å². The number of anilines is 1. The van der Waals surface area contributed by atoms with Gasteiger partial charge in [0.1, 0.15) is 4.21 Å². The van der Waals surface area contributed by atoms with Crippen molar-refractivity contribution in [3.05, 3.63) is 45.2 Å². The lowest BCUT2D eigenvalue weighted by Gasteiger charge is -2.12. The Morgan fingerprint density at radius 3 is 2.61 bits per heavy atom. The maximum absolute atomic E-state index is 12.2. The first-order chi connectivity index (χ1) is 10.8. The molecule has 124 valence electrons. The molecule has 0 radical (unpaired) electrons. The normalized spacial score (nSPS) is 11.4. The summed E-state index contributed by atoms with van der Waals surface area (Å²) in [6.07, 6.45) is 0.744. The molecule has 0 bridgehead atoms. The van der Waals surface area contributed by atoms with Crippen LogP contribution in [0.15, 0.2) is 38.3 Å². The van der Waals surface area contributed by atoms with E-state index in [-0.39, 0.29) is 22.3 Å². The topological polar surface area (TPSA) is 63.2 Å². The van der Waals surface area contributed by atoms with Gasteiger partial charge in [-0.3, -0.25) is 4.79 Å². The van der Waals surface area contributed by atoms with Crippen LogP contribution in [0.3, 0.4) is 0 Å². The van der Waals surface area contributed by atoms with Gasteiger partial charge >= 0.3 is 0 Å². The van der Waals surface area contributed by atoms with Crippen molar-refractivity contribution in [2.45, 2.75) is 30.9 Å². The molecule has 7 heteroatoms. The van der Waals surface area contributed by atoms with Gasteiger partial charge in [0, 0.05) is 12.1 Å². The van der Waals surface area contributed by atoms with Crippen LogP contribution in [0.25, 0.3) is 0 Å². The number of sulfone groups is 1. The van der Waals surface area contributed by atoms with Gasteiger partial charge in [-0.05, 0) is 52.5 Å². The Labute approximate surface area is 149 Å². The lowest BCUT2D eigenvalue weighted by Crippen LogP contribution is -2.18. The number of hydrogen-bond donors (Lipinski definition) is 1. The second-order valence-electron chi connectivity index (χ2n) is 5.14. The van der Waals surface area contributed by atoms with E-state index in [1.54, 1.807) is 12.1 Å². The molecular formula is C16H18BrNO3S2. The molecule has 1 amide bonds. The Morgan fingerprint density at radius 1 is 1.26 bits per heavy atom. The maximum Gasteiger partial charge on any atom is 0.225 e. The molecule has 0 aliphatic heterocycles. The molecule has 1 aromatic heterocycles. The van der Waals surface area contributed by atoms with Crippen molar-refractivity contribution in [1.82, 2.24) is 0 Å². The van der Waals surface area contributed by atoms with E-state index in [1.165, 1.54) is 0 Å². The van der Waals surface area contributed by atoms with E-state index < -0.39 is 9.84 Å². The number of rotatable bonds is 6. The van der Waals surface area contributed by atoms with Crippen LogP contribution >= 0.6 is 27.3 Å². The summed E-state index contributed by atoms with van der Waals surface area (Å²) >= 11 is 4.40. The molecule has 0 atom stereocenters. The molecule has 1 N–H and O–H groups in total. The number of halogens is 1. The first-order valence-electron chi connectivity index (χ1n) is 7.20. The molecule has 0 aliphatic rings. The minimum absolute atomic E-state index is 0.0602. The maximum atomic E-state index is 12.2. The van der Waals surface area contributed by atoms with Crippen molar-refractivity contribution < 1.29 is 13.2 Å². The second-order valence-corrected chi connectivity index (χ2v) is 9.94. The molecule has 4 nitrogen and oxygen atoms in total. The summed E-state index contributed by atoms with van der Waals surface area (Å²) in [6, 6.07) is 9.08. The highest BCUT2D eigenvalue weighted by Gasteiger charge is 2.19. The van der Waals surface area contributed by atoms with Gasteiger partial charge in [0.15, 0.2) is 9.84 Å². The Bertz CT molecular complexity index is 812. The van der Waals surface area contributed by atoms with E-state index in [2.05, 4.69) is 21.2 Å². The van der Waals surface area contributed by atoms with Gasteiger partial charge in [-0.25, -0.2) is 8.42 Å². The number of hydrogen-bond acceptors (Lipinski definition) is 4. The van der Waals surface area contributed by atoms with Gasteiger partial charge < -0.3 is 5.32 Å². The lowest BCUT2D eigenvalue weighted by molar-refractivity contribution is -0.115. The third-order valence-corrected chi connectivity index (χ3v) is 7.38. The smallest absolute Gasteiger partial charge is 0.225 e. The summed E-state index contributed by atoms with van der Waals surface area (Å²) in [5, 5.41) is 2.85. The number of carbonyl (C=O) groups is 1. The van der Waals surface area contributed by atoms with E-state index in [1.807, 2.05) is 32.0 Å². The van der Waals surface area contributed by atoms with E-state index in [0.29, 0.717) is 0 Å². The van der Waals surface area contributed by atoms with E-state index in [4.69, 9.17) is 0 Å². The van der Waals surface area contributed by atoms with E-state index >= 15 is 0 Å². The molecule has 1 aromatic carbocycles. The lowest BCUT2D eigenvalue weighted by atomic mass is 10.1. The summed E-state index contributed by atoms with van der Waals surface area (Å²) in [5.41, 5.74) is 2.81. The SMILES string of the molecule is CCc1cccc(C)c1NC(=O)CCS(=O)(=O)c1ccc(Br)s1. The summed E-state index contributed by atoms with van der Waals surface area (Å²) in [6.45, 7) is 3.94. The first-order valence-corrected chi connectivity index (χ1v) is 10.5. The fourth-order valence-corrected chi connectivity index (χ4v) is 5.60. The molecule has 0 saturated heterocycles. The van der Waals surface area contributed by atoms with Gasteiger partial charge in [0.2, 0.25) is 5.91 Å². The number of aryl methyl sites for hydroxylation is 2.